The van der Waals surface area contributed by atoms with Crippen LogP contribution in [0.25, 0.3) is 0 Å². The van der Waals surface area contributed by atoms with Crippen LogP contribution in [-0.2, 0) is 19.1 Å². The molecule has 0 amide bonds. The second kappa shape index (κ2) is 6.30. The lowest BCUT2D eigenvalue weighted by Gasteiger charge is -2.27. The Balaban J connectivity index is 2.41. The number of carbonyl (C=O) groups excluding carboxylic acids is 2. The highest BCUT2D eigenvalue weighted by molar-refractivity contribution is 5.66. The molecule has 1 aliphatic rings. The minimum absolute atomic E-state index is 0.258. The molecule has 0 saturated carbocycles. The van der Waals surface area contributed by atoms with Crippen molar-refractivity contribution >= 4 is 11.9 Å². The van der Waals surface area contributed by atoms with Crippen LogP contribution in [0.5, 0.6) is 0 Å². The van der Waals surface area contributed by atoms with E-state index in [2.05, 4.69) is 12.2 Å². The molecule has 0 unspecified atom stereocenters. The molecule has 0 heterocycles. The molecule has 0 radical (unpaired) electrons. The van der Waals surface area contributed by atoms with E-state index < -0.39 is 0 Å². The summed E-state index contributed by atoms with van der Waals surface area (Å²) in [6, 6.07) is 0. The van der Waals surface area contributed by atoms with Gasteiger partial charge in [0, 0.05) is 25.7 Å². The molecule has 0 saturated heterocycles. The molecule has 16 heavy (non-hydrogen) atoms. The summed E-state index contributed by atoms with van der Waals surface area (Å²) in [5.41, 5.74) is 0. The Bertz CT molecular complexity index is 255. The van der Waals surface area contributed by atoms with E-state index in [1.54, 1.807) is 0 Å². The number of ether oxygens (including phenoxy) is 2. The molecule has 1 rings (SSSR count). The van der Waals surface area contributed by atoms with Crippen LogP contribution in [0.4, 0.5) is 0 Å². The molecule has 0 N–H and O–H groups in total. The van der Waals surface area contributed by atoms with Crippen molar-refractivity contribution in [2.45, 2.75) is 26.7 Å². The van der Waals surface area contributed by atoms with Gasteiger partial charge >= 0.3 is 11.9 Å². The number of hydrogen-bond acceptors (Lipinski definition) is 4. The lowest BCUT2D eigenvalue weighted by Crippen LogP contribution is -2.27. The molecule has 4 nitrogen and oxygen atoms in total. The highest BCUT2D eigenvalue weighted by Gasteiger charge is 2.24. The number of hydrogen-bond donors (Lipinski definition) is 0. The van der Waals surface area contributed by atoms with Gasteiger partial charge in [-0.15, -0.1) is 0 Å². The second-order valence-corrected chi connectivity index (χ2v) is 4.07. The Morgan fingerprint density at radius 2 is 1.38 bits per heavy atom. The standard InChI is InChI=1S/C12H18O4/c1-9(13)15-7-11-5-3-4-6-12(11)8-16-10(2)14/h3-4,11-12H,5-8H2,1-2H3/t11-,12-/m0/s1. The molecule has 0 aromatic rings. The van der Waals surface area contributed by atoms with Crippen LogP contribution in [0.3, 0.4) is 0 Å². The van der Waals surface area contributed by atoms with Crippen molar-refractivity contribution < 1.29 is 19.1 Å². The molecule has 4 heteroatoms. The van der Waals surface area contributed by atoms with E-state index in [9.17, 15) is 9.59 Å². The first kappa shape index (κ1) is 12.7. The highest BCUT2D eigenvalue weighted by Crippen LogP contribution is 2.26. The molecular weight excluding hydrogens is 208 g/mol. The Labute approximate surface area is 95.6 Å². The number of esters is 2. The van der Waals surface area contributed by atoms with Gasteiger partial charge in [-0.3, -0.25) is 9.59 Å². The van der Waals surface area contributed by atoms with E-state index in [0.29, 0.717) is 13.2 Å². The van der Waals surface area contributed by atoms with Crippen LogP contribution >= 0.6 is 0 Å². The molecule has 0 aromatic heterocycles. The minimum Gasteiger partial charge on any atom is -0.466 e. The monoisotopic (exact) mass is 226 g/mol. The van der Waals surface area contributed by atoms with Crippen LogP contribution in [-0.4, -0.2) is 25.2 Å². The number of carbonyl (C=O) groups is 2. The lowest BCUT2D eigenvalue weighted by molar-refractivity contribution is -0.147. The van der Waals surface area contributed by atoms with Crippen molar-refractivity contribution in [3.63, 3.8) is 0 Å². The van der Waals surface area contributed by atoms with Crippen molar-refractivity contribution in [3.8, 4) is 0 Å². The fraction of sp³-hybridized carbons (Fsp3) is 0.667. The van der Waals surface area contributed by atoms with Gasteiger partial charge in [-0.05, 0) is 12.8 Å². The molecule has 90 valence electrons. The normalized spacial score (nSPS) is 23.9. The van der Waals surface area contributed by atoms with Gasteiger partial charge in [0.1, 0.15) is 0 Å². The predicted molar refractivity (Wildman–Crippen MR) is 58.6 cm³/mol. The highest BCUT2D eigenvalue weighted by atomic mass is 16.5. The fourth-order valence-corrected chi connectivity index (χ4v) is 1.78. The summed E-state index contributed by atoms with van der Waals surface area (Å²) in [5, 5.41) is 0. The largest absolute Gasteiger partial charge is 0.466 e. The molecule has 0 spiro atoms. The minimum atomic E-state index is -0.263. The molecular formula is C12H18O4. The van der Waals surface area contributed by atoms with E-state index in [1.165, 1.54) is 13.8 Å². The summed E-state index contributed by atoms with van der Waals surface area (Å²) >= 11 is 0. The fourth-order valence-electron chi connectivity index (χ4n) is 1.78. The van der Waals surface area contributed by atoms with E-state index in [-0.39, 0.29) is 23.8 Å². The van der Waals surface area contributed by atoms with Gasteiger partial charge in [-0.1, -0.05) is 12.2 Å². The first-order valence-electron chi connectivity index (χ1n) is 5.51. The van der Waals surface area contributed by atoms with E-state index in [4.69, 9.17) is 9.47 Å². The zero-order valence-corrected chi connectivity index (χ0v) is 9.77. The average molecular weight is 226 g/mol. The summed E-state index contributed by atoms with van der Waals surface area (Å²) in [6.45, 7) is 3.62. The van der Waals surface area contributed by atoms with Crippen LogP contribution in [0, 0.1) is 11.8 Å². The third-order valence-corrected chi connectivity index (χ3v) is 2.71. The number of rotatable bonds is 4. The van der Waals surface area contributed by atoms with Crippen LogP contribution in [0.15, 0.2) is 12.2 Å². The van der Waals surface area contributed by atoms with Gasteiger partial charge in [-0.2, -0.15) is 0 Å². The van der Waals surface area contributed by atoms with Crippen molar-refractivity contribution in [1.82, 2.24) is 0 Å². The van der Waals surface area contributed by atoms with Gasteiger partial charge in [0.2, 0.25) is 0 Å². The summed E-state index contributed by atoms with van der Waals surface area (Å²) in [4.78, 5) is 21.5. The zero-order chi connectivity index (χ0) is 12.0. The molecule has 0 aliphatic heterocycles. The van der Waals surface area contributed by atoms with Crippen molar-refractivity contribution in [1.29, 1.82) is 0 Å². The first-order valence-corrected chi connectivity index (χ1v) is 5.51. The Morgan fingerprint density at radius 3 is 1.69 bits per heavy atom. The molecule has 0 fully saturated rings. The summed E-state index contributed by atoms with van der Waals surface area (Å²) in [7, 11) is 0. The first-order chi connectivity index (χ1) is 7.59. The summed E-state index contributed by atoms with van der Waals surface area (Å²) in [5.74, 6) is -0.0110. The SMILES string of the molecule is CC(=O)OC[C@@H]1CC=CC[C@H]1COC(C)=O. The molecule has 2 atom stereocenters. The summed E-state index contributed by atoms with van der Waals surface area (Å²) < 4.78 is 10.0. The quantitative estimate of drug-likeness (QED) is 0.540. The molecule has 0 aromatic carbocycles. The number of allylic oxidation sites excluding steroid dienone is 2. The van der Waals surface area contributed by atoms with Crippen LogP contribution in [0.1, 0.15) is 26.7 Å². The van der Waals surface area contributed by atoms with Crippen molar-refractivity contribution in [2.75, 3.05) is 13.2 Å². The van der Waals surface area contributed by atoms with Gasteiger partial charge in [-0.25, -0.2) is 0 Å². The predicted octanol–water partition coefficient (Wildman–Crippen LogP) is 1.70. The van der Waals surface area contributed by atoms with Crippen molar-refractivity contribution in [3.05, 3.63) is 12.2 Å². The molecule has 0 bridgehead atoms. The van der Waals surface area contributed by atoms with Gasteiger partial charge in [0.05, 0.1) is 13.2 Å². The average Bonchev–Trinajstić information content (AvgIpc) is 2.24. The van der Waals surface area contributed by atoms with E-state index in [0.717, 1.165) is 12.8 Å². The van der Waals surface area contributed by atoms with Gasteiger partial charge in [0.25, 0.3) is 0 Å². The lowest BCUT2D eigenvalue weighted by atomic mass is 9.84. The maximum atomic E-state index is 10.7. The third kappa shape index (κ3) is 4.47. The third-order valence-electron chi connectivity index (χ3n) is 2.71. The summed E-state index contributed by atoms with van der Waals surface area (Å²) in [6.07, 6.45) is 5.91. The Morgan fingerprint density at radius 1 is 1.00 bits per heavy atom. The van der Waals surface area contributed by atoms with E-state index in [1.807, 2.05) is 0 Å². The van der Waals surface area contributed by atoms with Gasteiger partial charge in [0.15, 0.2) is 0 Å². The maximum Gasteiger partial charge on any atom is 0.302 e. The van der Waals surface area contributed by atoms with Crippen LogP contribution in [0.2, 0.25) is 0 Å². The van der Waals surface area contributed by atoms with Crippen molar-refractivity contribution in [2.24, 2.45) is 11.8 Å². The topological polar surface area (TPSA) is 52.6 Å². The van der Waals surface area contributed by atoms with Gasteiger partial charge < -0.3 is 9.47 Å². The zero-order valence-electron chi connectivity index (χ0n) is 9.77. The van der Waals surface area contributed by atoms with Crippen LogP contribution < -0.4 is 0 Å². The molecule has 1 aliphatic carbocycles. The maximum absolute atomic E-state index is 10.7. The van der Waals surface area contributed by atoms with E-state index >= 15 is 0 Å². The smallest absolute Gasteiger partial charge is 0.302 e. The second-order valence-electron chi connectivity index (χ2n) is 4.07. The Kier molecular flexibility index (Phi) is 5.02. The Hall–Kier alpha value is -1.32.